The molecule has 0 fully saturated rings. The number of hydrogen-bond acceptors (Lipinski definition) is 3. The Morgan fingerprint density at radius 1 is 1.60 bits per heavy atom. The van der Waals surface area contributed by atoms with Crippen molar-refractivity contribution in [3.63, 3.8) is 0 Å². The molecule has 0 aromatic heterocycles. The standard InChI is InChI=1S/C10H8ClNO3/c1-2-5-15-9-4-3-7(11)6-8(9)10(13)12-14/h2-4,6H,1,5H2. The lowest BCUT2D eigenvalue weighted by Crippen LogP contribution is -2.01. The first-order chi connectivity index (χ1) is 7.19. The Labute approximate surface area is 91.5 Å². The average molecular weight is 226 g/mol. The molecule has 1 amide bonds. The number of rotatable bonds is 4. The van der Waals surface area contributed by atoms with E-state index < -0.39 is 5.91 Å². The van der Waals surface area contributed by atoms with Gasteiger partial charge in [0.05, 0.1) is 5.56 Å². The van der Waals surface area contributed by atoms with Gasteiger partial charge in [-0.05, 0) is 18.2 Å². The Balaban J connectivity index is 3.07. The van der Waals surface area contributed by atoms with Gasteiger partial charge < -0.3 is 4.74 Å². The van der Waals surface area contributed by atoms with Gasteiger partial charge in [0.15, 0.2) is 0 Å². The van der Waals surface area contributed by atoms with Crippen LogP contribution in [-0.4, -0.2) is 12.5 Å². The van der Waals surface area contributed by atoms with E-state index in [0.29, 0.717) is 5.02 Å². The quantitative estimate of drug-likeness (QED) is 0.585. The molecule has 0 aliphatic carbocycles. The predicted molar refractivity (Wildman–Crippen MR) is 57.3 cm³/mol. The molecule has 1 rings (SSSR count). The lowest BCUT2D eigenvalue weighted by molar-refractivity contribution is 0.0997. The van der Waals surface area contributed by atoms with Gasteiger partial charge in [0.2, 0.25) is 0 Å². The van der Waals surface area contributed by atoms with Crippen LogP contribution in [0.1, 0.15) is 10.4 Å². The van der Waals surface area contributed by atoms with Crippen LogP contribution in [0, 0.1) is 4.91 Å². The zero-order chi connectivity index (χ0) is 11.3. The van der Waals surface area contributed by atoms with Crippen LogP contribution in [0.2, 0.25) is 5.02 Å². The van der Waals surface area contributed by atoms with Crippen molar-refractivity contribution in [2.45, 2.75) is 0 Å². The van der Waals surface area contributed by atoms with Crippen LogP contribution in [0.5, 0.6) is 5.75 Å². The predicted octanol–water partition coefficient (Wildman–Crippen LogP) is 2.81. The molecule has 1 aromatic carbocycles. The van der Waals surface area contributed by atoms with Gasteiger partial charge in [-0.1, -0.05) is 24.3 Å². The maximum Gasteiger partial charge on any atom is 0.320 e. The van der Waals surface area contributed by atoms with E-state index in [0.717, 1.165) is 0 Å². The van der Waals surface area contributed by atoms with Gasteiger partial charge in [-0.2, -0.15) is 0 Å². The van der Waals surface area contributed by atoms with E-state index in [-0.39, 0.29) is 17.9 Å². The van der Waals surface area contributed by atoms with E-state index in [9.17, 15) is 9.70 Å². The summed E-state index contributed by atoms with van der Waals surface area (Å²) in [6.07, 6.45) is 1.53. The van der Waals surface area contributed by atoms with Crippen LogP contribution in [0.3, 0.4) is 0 Å². The number of nitroso groups, excluding NO2 is 1. The Hall–Kier alpha value is -1.68. The Morgan fingerprint density at radius 3 is 2.93 bits per heavy atom. The zero-order valence-corrected chi connectivity index (χ0v) is 8.53. The van der Waals surface area contributed by atoms with Crippen molar-refractivity contribution < 1.29 is 9.53 Å². The van der Waals surface area contributed by atoms with Gasteiger partial charge in [-0.25, -0.2) is 0 Å². The molecule has 4 nitrogen and oxygen atoms in total. The molecule has 0 bridgehead atoms. The number of carbonyl (C=O) groups excluding carboxylic acids is 1. The molecule has 0 unspecified atom stereocenters. The summed E-state index contributed by atoms with van der Waals surface area (Å²) in [5.74, 6) is -0.638. The third kappa shape index (κ3) is 2.89. The lowest BCUT2D eigenvalue weighted by Gasteiger charge is -2.06. The van der Waals surface area contributed by atoms with E-state index in [1.165, 1.54) is 18.2 Å². The number of ether oxygens (including phenoxy) is 1. The minimum Gasteiger partial charge on any atom is -0.489 e. The highest BCUT2D eigenvalue weighted by Gasteiger charge is 2.13. The van der Waals surface area contributed by atoms with Gasteiger partial charge in [0.25, 0.3) is 0 Å². The molecular weight excluding hydrogens is 218 g/mol. The highest BCUT2D eigenvalue weighted by atomic mass is 35.5. The maximum absolute atomic E-state index is 11.1. The normalized spacial score (nSPS) is 9.40. The third-order valence-electron chi connectivity index (χ3n) is 1.61. The van der Waals surface area contributed by atoms with E-state index >= 15 is 0 Å². The van der Waals surface area contributed by atoms with Crippen molar-refractivity contribution in [3.8, 4) is 5.75 Å². The van der Waals surface area contributed by atoms with Crippen LogP contribution < -0.4 is 4.74 Å². The largest absolute Gasteiger partial charge is 0.489 e. The smallest absolute Gasteiger partial charge is 0.320 e. The lowest BCUT2D eigenvalue weighted by atomic mass is 10.2. The summed E-state index contributed by atoms with van der Waals surface area (Å²) in [5.41, 5.74) is 0.0550. The molecular formula is C10H8ClNO3. The van der Waals surface area contributed by atoms with Gasteiger partial charge in [0.1, 0.15) is 12.4 Å². The molecule has 78 valence electrons. The molecule has 0 N–H and O–H groups in total. The summed E-state index contributed by atoms with van der Waals surface area (Å²) < 4.78 is 5.17. The summed E-state index contributed by atoms with van der Waals surface area (Å²) in [6.45, 7) is 3.70. The highest BCUT2D eigenvalue weighted by Crippen LogP contribution is 2.23. The monoisotopic (exact) mass is 225 g/mol. The second-order valence-electron chi connectivity index (χ2n) is 2.64. The van der Waals surface area contributed by atoms with Crippen molar-refractivity contribution >= 4 is 17.5 Å². The van der Waals surface area contributed by atoms with Crippen LogP contribution in [0.15, 0.2) is 36.0 Å². The number of halogens is 1. The Kier molecular flexibility index (Phi) is 4.00. The molecule has 1 aromatic rings. The molecule has 0 atom stereocenters. The topological polar surface area (TPSA) is 55.7 Å². The first kappa shape index (κ1) is 11.4. The van der Waals surface area contributed by atoms with E-state index in [2.05, 4.69) is 11.8 Å². The van der Waals surface area contributed by atoms with E-state index in [1.807, 2.05) is 0 Å². The fourth-order valence-corrected chi connectivity index (χ4v) is 1.17. The van der Waals surface area contributed by atoms with Crippen LogP contribution in [0.25, 0.3) is 0 Å². The molecule has 5 heteroatoms. The summed E-state index contributed by atoms with van der Waals surface area (Å²) in [4.78, 5) is 21.2. The molecule has 0 aliphatic rings. The van der Waals surface area contributed by atoms with Crippen LogP contribution in [-0.2, 0) is 0 Å². The SMILES string of the molecule is C=CCOc1ccc(Cl)cc1C(=O)N=O. The molecule has 0 saturated heterocycles. The number of hydrogen-bond donors (Lipinski definition) is 0. The van der Waals surface area contributed by atoms with Gasteiger partial charge in [-0.15, -0.1) is 4.91 Å². The van der Waals surface area contributed by atoms with Gasteiger partial charge in [-0.3, -0.25) is 4.79 Å². The maximum atomic E-state index is 11.1. The van der Waals surface area contributed by atoms with E-state index in [4.69, 9.17) is 16.3 Å². The second-order valence-corrected chi connectivity index (χ2v) is 3.07. The van der Waals surface area contributed by atoms with Crippen molar-refractivity contribution in [2.24, 2.45) is 5.18 Å². The molecule has 0 saturated carbocycles. The van der Waals surface area contributed by atoms with Crippen molar-refractivity contribution in [1.82, 2.24) is 0 Å². The minimum absolute atomic E-state index is 0.0550. The summed E-state index contributed by atoms with van der Waals surface area (Å²) in [5, 5.41) is 2.66. The average Bonchev–Trinajstić information content (AvgIpc) is 2.26. The first-order valence-electron chi connectivity index (χ1n) is 4.10. The second kappa shape index (κ2) is 5.26. The summed E-state index contributed by atoms with van der Waals surface area (Å²) >= 11 is 5.68. The van der Waals surface area contributed by atoms with E-state index in [1.54, 1.807) is 6.07 Å². The van der Waals surface area contributed by atoms with Gasteiger partial charge in [0, 0.05) is 10.2 Å². The Morgan fingerprint density at radius 2 is 2.33 bits per heavy atom. The molecule has 0 heterocycles. The summed E-state index contributed by atoms with van der Waals surface area (Å²) in [7, 11) is 0. The van der Waals surface area contributed by atoms with Crippen molar-refractivity contribution in [2.75, 3.05) is 6.61 Å². The van der Waals surface area contributed by atoms with Crippen LogP contribution >= 0.6 is 11.6 Å². The first-order valence-corrected chi connectivity index (χ1v) is 4.47. The number of carbonyl (C=O) groups is 1. The van der Waals surface area contributed by atoms with Gasteiger partial charge >= 0.3 is 5.91 Å². The fraction of sp³-hybridized carbons (Fsp3) is 0.100. The number of amides is 1. The summed E-state index contributed by atoms with van der Waals surface area (Å²) in [6, 6.07) is 4.40. The zero-order valence-electron chi connectivity index (χ0n) is 7.77. The minimum atomic E-state index is -0.906. The fourth-order valence-electron chi connectivity index (χ4n) is 0.993. The van der Waals surface area contributed by atoms with Crippen molar-refractivity contribution in [3.05, 3.63) is 46.3 Å². The third-order valence-corrected chi connectivity index (χ3v) is 1.85. The number of benzene rings is 1. The molecule has 15 heavy (non-hydrogen) atoms. The van der Waals surface area contributed by atoms with Crippen molar-refractivity contribution in [1.29, 1.82) is 0 Å². The molecule has 0 spiro atoms. The van der Waals surface area contributed by atoms with Crippen LogP contribution in [0.4, 0.5) is 0 Å². The Bertz CT molecular complexity index is 404. The number of nitrogens with zero attached hydrogens (tertiary/aromatic N) is 1. The highest BCUT2D eigenvalue weighted by molar-refractivity contribution is 6.31. The molecule has 0 aliphatic heterocycles. The molecule has 0 radical (unpaired) electrons.